The smallest absolute Gasteiger partial charge is 0.0973 e. The van der Waals surface area contributed by atoms with E-state index in [1.807, 2.05) is 0 Å². The van der Waals surface area contributed by atoms with E-state index < -0.39 is 0 Å². The van der Waals surface area contributed by atoms with Crippen molar-refractivity contribution in [3.63, 3.8) is 0 Å². The molecule has 14 aromatic rings. The monoisotopic (exact) mass is 1000 g/mol. The number of benzene rings is 11. The number of fused-ring (bicyclic) bond motifs is 7. The van der Waals surface area contributed by atoms with Gasteiger partial charge in [-0.2, -0.15) is 0 Å². The second kappa shape index (κ2) is 19.0. The van der Waals surface area contributed by atoms with Crippen LogP contribution >= 0.6 is 0 Å². The molecule has 6 nitrogen and oxygen atoms in total. The van der Waals surface area contributed by atoms with E-state index in [1.165, 1.54) is 43.6 Å². The Morgan fingerprint density at radius 3 is 0.987 bits per heavy atom. The molecule has 14 rings (SSSR count). The molecule has 11 aromatic carbocycles. The maximum Gasteiger partial charge on any atom is 0.0973 e. The summed E-state index contributed by atoms with van der Waals surface area (Å²) in [6.45, 7) is 6.73. The molecule has 6 heteroatoms. The molecule has 0 saturated heterocycles. The van der Waals surface area contributed by atoms with E-state index >= 15 is 0 Å². The number of rotatable bonds is 10. The molecule has 0 amide bonds. The lowest BCUT2D eigenvalue weighted by atomic mass is 9.86. The van der Waals surface area contributed by atoms with Gasteiger partial charge < -0.3 is 18.9 Å². The molecule has 0 radical (unpaired) electrons. The first-order valence-electron chi connectivity index (χ1n) is 26.7. The minimum absolute atomic E-state index is 0.145. The Hall–Kier alpha value is -10.0. The van der Waals surface area contributed by atoms with Gasteiger partial charge in [-0.3, -0.25) is 0 Å². The van der Waals surface area contributed by atoms with Crippen LogP contribution in [0.5, 0.6) is 0 Å². The van der Waals surface area contributed by atoms with Crippen molar-refractivity contribution in [1.29, 1.82) is 0 Å². The average molecular weight is 1000 g/mol. The molecule has 0 aliphatic carbocycles. The zero-order valence-electron chi connectivity index (χ0n) is 43.7. The quantitative estimate of drug-likeness (QED) is 0.137. The van der Waals surface area contributed by atoms with Crippen molar-refractivity contribution in [2.75, 3.05) is 9.80 Å². The summed E-state index contributed by atoms with van der Waals surface area (Å²) in [6, 6.07) is 97.7. The predicted octanol–water partition coefficient (Wildman–Crippen LogP) is 19.4. The van der Waals surface area contributed by atoms with Gasteiger partial charge in [-0.05, 0) is 138 Å². The lowest BCUT2D eigenvalue weighted by Crippen LogP contribution is -2.13. The molecule has 0 aliphatic rings. The van der Waals surface area contributed by atoms with E-state index in [1.54, 1.807) is 0 Å². The van der Waals surface area contributed by atoms with Gasteiger partial charge in [0.1, 0.15) is 0 Å². The highest BCUT2D eigenvalue weighted by molar-refractivity contribution is 6.10. The van der Waals surface area contributed by atoms with E-state index in [0.29, 0.717) is 0 Å². The topological polar surface area (TPSA) is 42.1 Å². The van der Waals surface area contributed by atoms with Crippen LogP contribution in [0.1, 0.15) is 26.3 Å². The lowest BCUT2D eigenvalue weighted by Gasteiger charge is -2.26. The maximum atomic E-state index is 5.59. The minimum Gasteiger partial charge on any atom is -0.311 e. The third-order valence-corrected chi connectivity index (χ3v) is 15.2. The molecule has 3 aromatic heterocycles. The summed E-state index contributed by atoms with van der Waals surface area (Å²) < 4.78 is 4.73. The Kier molecular flexibility index (Phi) is 11.3. The Labute approximate surface area is 454 Å². The highest BCUT2D eigenvalue weighted by atomic mass is 15.1. The Balaban J connectivity index is 0.840. The molecule has 0 aliphatic heterocycles. The van der Waals surface area contributed by atoms with Gasteiger partial charge in [-0.1, -0.05) is 166 Å². The number of para-hydroxylation sites is 7. The summed E-state index contributed by atoms with van der Waals surface area (Å²) >= 11 is 0. The maximum absolute atomic E-state index is 5.59. The van der Waals surface area contributed by atoms with Crippen molar-refractivity contribution in [3.05, 3.63) is 279 Å². The van der Waals surface area contributed by atoms with Crippen LogP contribution in [0.15, 0.2) is 273 Å². The molecular formula is C72H54N6. The standard InChI is InChI=1S/C72H54N6/c1-72(2,3)63-27-18-28-64-71(63)74-70(50-35-39-54(40-36-50)76(52-21-8-5-9-22-52)56-43-47-58(48-44-56)78-67-31-16-12-25-61(67)62-26-13-17-32-68(62)78)69(73-64)49-33-37-53(38-34-49)75(51-19-6-4-7-20-51)55-41-45-57(46-42-55)77-65-29-14-10-23-59(65)60-24-11-15-30-66(60)77/h4-48H,1-3H3. The molecule has 0 bridgehead atoms. The summed E-state index contributed by atoms with van der Waals surface area (Å²) in [5.41, 5.74) is 19.8. The number of anilines is 6. The van der Waals surface area contributed by atoms with Crippen LogP contribution in [0, 0.1) is 0 Å². The van der Waals surface area contributed by atoms with Crippen molar-refractivity contribution in [2.24, 2.45) is 0 Å². The molecule has 0 atom stereocenters. The Morgan fingerprint density at radius 1 is 0.295 bits per heavy atom. The fraction of sp³-hybridized carbons (Fsp3) is 0.0556. The second-order valence-corrected chi connectivity index (χ2v) is 21.1. The summed E-state index contributed by atoms with van der Waals surface area (Å²) in [5, 5.41) is 4.99. The van der Waals surface area contributed by atoms with Gasteiger partial charge in [0, 0.05) is 78.2 Å². The zero-order chi connectivity index (χ0) is 52.3. The van der Waals surface area contributed by atoms with Crippen LogP contribution in [0.2, 0.25) is 0 Å². The highest BCUT2D eigenvalue weighted by Gasteiger charge is 2.23. The van der Waals surface area contributed by atoms with Gasteiger partial charge in [0.05, 0.1) is 44.5 Å². The van der Waals surface area contributed by atoms with Gasteiger partial charge in [-0.25, -0.2) is 9.97 Å². The SMILES string of the molecule is CC(C)(C)c1cccc2nc(-c3ccc(N(c4ccccc4)c4ccc(-n5c6ccccc6c6ccccc65)cc4)cc3)c(-c3ccc(N(c4ccccc4)c4ccc(-n5c6ccccc6c6ccccc65)cc4)cc3)nc12. The predicted molar refractivity (Wildman–Crippen MR) is 327 cm³/mol. The third kappa shape index (κ3) is 8.05. The van der Waals surface area contributed by atoms with Gasteiger partial charge in [0.25, 0.3) is 0 Å². The van der Waals surface area contributed by atoms with E-state index in [-0.39, 0.29) is 5.41 Å². The fourth-order valence-electron chi connectivity index (χ4n) is 11.6. The van der Waals surface area contributed by atoms with Gasteiger partial charge >= 0.3 is 0 Å². The number of hydrogen-bond acceptors (Lipinski definition) is 4. The first-order chi connectivity index (χ1) is 38.3. The van der Waals surface area contributed by atoms with Crippen LogP contribution in [0.25, 0.3) is 88.5 Å². The van der Waals surface area contributed by atoms with Crippen molar-refractivity contribution in [1.82, 2.24) is 19.1 Å². The summed E-state index contributed by atoms with van der Waals surface area (Å²) in [6.07, 6.45) is 0. The van der Waals surface area contributed by atoms with Gasteiger partial charge in [0.15, 0.2) is 0 Å². The Bertz CT molecular complexity index is 4390. The largest absolute Gasteiger partial charge is 0.311 e. The third-order valence-electron chi connectivity index (χ3n) is 15.2. The summed E-state index contributed by atoms with van der Waals surface area (Å²) in [4.78, 5) is 15.7. The zero-order valence-corrected chi connectivity index (χ0v) is 43.7. The lowest BCUT2D eigenvalue weighted by molar-refractivity contribution is 0.594. The van der Waals surface area contributed by atoms with Gasteiger partial charge in [0.2, 0.25) is 0 Å². The molecule has 0 unspecified atom stereocenters. The van der Waals surface area contributed by atoms with E-state index in [4.69, 9.17) is 9.97 Å². The molecule has 78 heavy (non-hydrogen) atoms. The number of aromatic nitrogens is 4. The minimum atomic E-state index is -0.145. The number of nitrogens with zero attached hydrogens (tertiary/aromatic N) is 6. The normalized spacial score (nSPS) is 11.8. The number of hydrogen-bond donors (Lipinski definition) is 0. The van der Waals surface area contributed by atoms with Crippen LogP contribution < -0.4 is 9.80 Å². The van der Waals surface area contributed by atoms with Crippen LogP contribution in [-0.2, 0) is 5.41 Å². The molecule has 0 spiro atoms. The van der Waals surface area contributed by atoms with E-state index in [2.05, 4.69) is 313 Å². The van der Waals surface area contributed by atoms with Crippen molar-refractivity contribution >= 4 is 88.8 Å². The van der Waals surface area contributed by atoms with E-state index in [9.17, 15) is 0 Å². The van der Waals surface area contributed by atoms with Crippen molar-refractivity contribution < 1.29 is 0 Å². The van der Waals surface area contributed by atoms with Gasteiger partial charge in [-0.15, -0.1) is 0 Å². The summed E-state index contributed by atoms with van der Waals surface area (Å²) in [7, 11) is 0. The second-order valence-electron chi connectivity index (χ2n) is 21.1. The molecule has 0 saturated carbocycles. The first-order valence-corrected chi connectivity index (χ1v) is 26.7. The Morgan fingerprint density at radius 2 is 0.615 bits per heavy atom. The van der Waals surface area contributed by atoms with Crippen molar-refractivity contribution in [3.8, 4) is 33.9 Å². The molecule has 0 fully saturated rings. The first kappa shape index (κ1) is 46.5. The van der Waals surface area contributed by atoms with Crippen LogP contribution in [-0.4, -0.2) is 19.1 Å². The average Bonchev–Trinajstić information content (AvgIpc) is 4.06. The molecule has 3 heterocycles. The molecular weight excluding hydrogens is 949 g/mol. The van der Waals surface area contributed by atoms with E-state index in [0.717, 1.165) is 84.6 Å². The van der Waals surface area contributed by atoms with Crippen LogP contribution in [0.3, 0.4) is 0 Å². The molecule has 0 N–H and O–H groups in total. The molecule has 372 valence electrons. The fourth-order valence-corrected chi connectivity index (χ4v) is 11.6. The summed E-state index contributed by atoms with van der Waals surface area (Å²) in [5.74, 6) is 0. The van der Waals surface area contributed by atoms with Crippen LogP contribution in [0.4, 0.5) is 34.1 Å². The highest BCUT2D eigenvalue weighted by Crippen LogP contribution is 2.42. The van der Waals surface area contributed by atoms with Crippen molar-refractivity contribution in [2.45, 2.75) is 26.2 Å².